The van der Waals surface area contributed by atoms with Gasteiger partial charge in [0.2, 0.25) is 0 Å². The molecular weight excluding hydrogens is 791 g/mol. The minimum absolute atomic E-state index is 0.150. The fourth-order valence-electron chi connectivity index (χ4n) is 13.0. The summed E-state index contributed by atoms with van der Waals surface area (Å²) in [7, 11) is 0. The highest BCUT2D eigenvalue weighted by Crippen LogP contribution is 2.60. The molecule has 3 nitrogen and oxygen atoms in total. The van der Waals surface area contributed by atoms with Crippen LogP contribution in [0, 0.1) is 23.7 Å². The molecule has 8 aromatic carbocycles. The molecule has 0 fully saturated rings. The van der Waals surface area contributed by atoms with E-state index in [0.29, 0.717) is 34.8 Å². The van der Waals surface area contributed by atoms with Gasteiger partial charge in [-0.15, -0.1) is 0 Å². The Labute approximate surface area is 383 Å². The van der Waals surface area contributed by atoms with Gasteiger partial charge in [-0.05, 0) is 156 Å². The van der Waals surface area contributed by atoms with Crippen LogP contribution in [-0.4, -0.2) is 11.6 Å². The number of hydrogen-bond donors (Lipinski definition) is 0. The van der Waals surface area contributed by atoms with Crippen molar-refractivity contribution in [2.45, 2.75) is 66.2 Å². The largest absolute Gasteiger partial charge is 0.310 e. The monoisotopic (exact) mass is 845 g/mol. The number of allylic oxidation sites excluding steroid dienone is 1. The molecule has 11 rings (SSSR count). The standard InChI is InChI=1S/C62H55NO2/c1-36(2)61(37(3)4)55-19-13-11-17-48(55)50-27-25-46(34-57(50)61)63(47-26-28-51-49-18-12-14-20-56(49)62(38(5)6,39(7)8)58(51)35-47)45-24-23-43-29-40(21-22-44(43)31-45)30-54-59(64)52-32-41-15-9-10-16-42(41)33-53(52)60(54)65/h9-39H,1-8H3. The Hall–Kier alpha value is -6.84. The first-order valence-corrected chi connectivity index (χ1v) is 23.5. The summed E-state index contributed by atoms with van der Waals surface area (Å²) in [5.74, 6) is 1.07. The molecule has 0 unspecified atom stereocenters. The lowest BCUT2D eigenvalue weighted by molar-refractivity contribution is 0.0990. The molecule has 3 aliphatic carbocycles. The van der Waals surface area contributed by atoms with Gasteiger partial charge in [0, 0.05) is 39.0 Å². The van der Waals surface area contributed by atoms with Crippen LogP contribution in [0.15, 0.2) is 163 Å². The molecule has 0 heterocycles. The van der Waals surface area contributed by atoms with Crippen LogP contribution in [0.4, 0.5) is 17.1 Å². The lowest BCUT2D eigenvalue weighted by Crippen LogP contribution is -2.37. The van der Waals surface area contributed by atoms with Crippen molar-refractivity contribution in [1.29, 1.82) is 0 Å². The molecular formula is C62H55NO2. The van der Waals surface area contributed by atoms with Crippen molar-refractivity contribution >= 4 is 56.2 Å². The Morgan fingerprint density at radius 1 is 0.369 bits per heavy atom. The number of Topliss-reactive ketones (excluding diaryl/α,β-unsaturated/α-hetero) is 2. The second-order valence-electron chi connectivity index (χ2n) is 20.0. The van der Waals surface area contributed by atoms with E-state index in [2.05, 4.69) is 176 Å². The number of anilines is 3. The molecule has 0 saturated heterocycles. The van der Waals surface area contributed by atoms with Gasteiger partial charge in [0.1, 0.15) is 0 Å². The van der Waals surface area contributed by atoms with Crippen molar-refractivity contribution in [3.63, 3.8) is 0 Å². The van der Waals surface area contributed by atoms with Gasteiger partial charge in [-0.3, -0.25) is 9.59 Å². The van der Waals surface area contributed by atoms with E-state index < -0.39 is 0 Å². The predicted molar refractivity (Wildman–Crippen MR) is 271 cm³/mol. The molecule has 0 radical (unpaired) electrons. The van der Waals surface area contributed by atoms with Gasteiger partial charge in [0.25, 0.3) is 0 Å². The van der Waals surface area contributed by atoms with E-state index >= 15 is 0 Å². The second-order valence-corrected chi connectivity index (χ2v) is 20.0. The van der Waals surface area contributed by atoms with Crippen LogP contribution in [0.1, 0.15) is 104 Å². The highest BCUT2D eigenvalue weighted by molar-refractivity contribution is 6.42. The van der Waals surface area contributed by atoms with E-state index in [4.69, 9.17) is 0 Å². The third-order valence-corrected chi connectivity index (χ3v) is 15.7. The second kappa shape index (κ2) is 14.9. The quantitative estimate of drug-likeness (QED) is 0.113. The summed E-state index contributed by atoms with van der Waals surface area (Å²) in [6.45, 7) is 19.1. The average molecular weight is 846 g/mol. The molecule has 0 saturated carbocycles. The molecule has 8 aromatic rings. The van der Waals surface area contributed by atoms with Crippen molar-refractivity contribution < 1.29 is 9.59 Å². The normalized spacial score (nSPS) is 15.3. The molecule has 0 aliphatic heterocycles. The van der Waals surface area contributed by atoms with Crippen LogP contribution in [0.25, 0.3) is 49.9 Å². The summed E-state index contributed by atoms with van der Waals surface area (Å²) < 4.78 is 0. The fraction of sp³-hybridized carbons (Fsp3) is 0.226. The Morgan fingerprint density at radius 3 is 1.25 bits per heavy atom. The van der Waals surface area contributed by atoms with Crippen LogP contribution >= 0.6 is 0 Å². The van der Waals surface area contributed by atoms with Gasteiger partial charge in [-0.2, -0.15) is 0 Å². The predicted octanol–water partition coefficient (Wildman–Crippen LogP) is 16.1. The first-order chi connectivity index (χ1) is 31.3. The van der Waals surface area contributed by atoms with Crippen LogP contribution in [-0.2, 0) is 10.8 Å². The van der Waals surface area contributed by atoms with Crippen molar-refractivity contribution in [3.05, 3.63) is 202 Å². The number of hydrogen-bond acceptors (Lipinski definition) is 3. The average Bonchev–Trinajstić information content (AvgIpc) is 3.86. The van der Waals surface area contributed by atoms with E-state index in [9.17, 15) is 9.59 Å². The summed E-state index contributed by atoms with van der Waals surface area (Å²) in [5.41, 5.74) is 16.0. The molecule has 0 amide bonds. The number of benzene rings is 8. The van der Waals surface area contributed by atoms with E-state index in [-0.39, 0.29) is 28.0 Å². The van der Waals surface area contributed by atoms with Crippen molar-refractivity contribution in [2.24, 2.45) is 23.7 Å². The number of nitrogens with zero attached hydrogens (tertiary/aromatic N) is 1. The van der Waals surface area contributed by atoms with Gasteiger partial charge < -0.3 is 4.90 Å². The minimum Gasteiger partial charge on any atom is -0.310 e. The van der Waals surface area contributed by atoms with Gasteiger partial charge in [0.05, 0.1) is 5.57 Å². The molecule has 0 aromatic heterocycles. The van der Waals surface area contributed by atoms with Crippen molar-refractivity contribution in [2.75, 3.05) is 4.90 Å². The fourth-order valence-corrected chi connectivity index (χ4v) is 13.0. The summed E-state index contributed by atoms with van der Waals surface area (Å²) >= 11 is 0. The van der Waals surface area contributed by atoms with Crippen LogP contribution in [0.2, 0.25) is 0 Å². The SMILES string of the molecule is CC(C)C1(C(C)C)c2ccccc2-c2ccc(N(c3ccc4c(c3)C(C(C)C)(C(C)C)c3ccccc3-4)c3ccc4cc(C=C5C(=O)c6cc7ccccc7cc6C5=O)ccc4c3)cc21. The number of carbonyl (C=O) groups excluding carboxylic acids is 2. The van der Waals surface area contributed by atoms with E-state index in [0.717, 1.165) is 44.2 Å². The Balaban J connectivity index is 1.07. The maximum Gasteiger partial charge on any atom is 0.197 e. The molecule has 65 heavy (non-hydrogen) atoms. The third-order valence-electron chi connectivity index (χ3n) is 15.7. The van der Waals surface area contributed by atoms with E-state index in [1.807, 2.05) is 42.5 Å². The zero-order valence-electron chi connectivity index (χ0n) is 38.7. The first kappa shape index (κ1) is 40.9. The zero-order chi connectivity index (χ0) is 45.1. The smallest absolute Gasteiger partial charge is 0.197 e. The number of carbonyl (C=O) groups is 2. The van der Waals surface area contributed by atoms with E-state index in [1.165, 1.54) is 44.5 Å². The number of ketones is 2. The molecule has 3 heteroatoms. The van der Waals surface area contributed by atoms with Gasteiger partial charge in [-0.1, -0.05) is 159 Å². The Morgan fingerprint density at radius 2 is 0.754 bits per heavy atom. The summed E-state index contributed by atoms with van der Waals surface area (Å²) in [6, 6.07) is 57.0. The minimum atomic E-state index is -0.213. The van der Waals surface area contributed by atoms with Crippen LogP contribution in [0.3, 0.4) is 0 Å². The molecule has 0 bridgehead atoms. The first-order valence-electron chi connectivity index (χ1n) is 23.5. The molecule has 320 valence electrons. The van der Waals surface area contributed by atoms with Crippen LogP contribution in [0.5, 0.6) is 0 Å². The topological polar surface area (TPSA) is 37.4 Å². The lowest BCUT2D eigenvalue weighted by Gasteiger charge is -2.41. The summed E-state index contributed by atoms with van der Waals surface area (Å²) in [5, 5.41) is 4.03. The van der Waals surface area contributed by atoms with Crippen LogP contribution < -0.4 is 4.90 Å². The number of fused-ring (bicyclic) bond motifs is 9. The van der Waals surface area contributed by atoms with Crippen molar-refractivity contribution in [3.8, 4) is 22.3 Å². The summed E-state index contributed by atoms with van der Waals surface area (Å²) in [6.07, 6.45) is 1.77. The van der Waals surface area contributed by atoms with Gasteiger partial charge in [0.15, 0.2) is 11.6 Å². The molecule has 0 N–H and O–H groups in total. The van der Waals surface area contributed by atoms with E-state index in [1.54, 1.807) is 6.08 Å². The lowest BCUT2D eigenvalue weighted by atomic mass is 9.63. The summed E-state index contributed by atoms with van der Waals surface area (Å²) in [4.78, 5) is 29.9. The van der Waals surface area contributed by atoms with Crippen molar-refractivity contribution in [1.82, 2.24) is 0 Å². The maximum atomic E-state index is 13.7. The Kier molecular flexibility index (Phi) is 9.35. The molecule has 0 atom stereocenters. The molecule has 3 aliphatic rings. The highest BCUT2D eigenvalue weighted by Gasteiger charge is 2.49. The number of rotatable bonds is 8. The highest BCUT2D eigenvalue weighted by atomic mass is 16.2. The van der Waals surface area contributed by atoms with Gasteiger partial charge in [-0.25, -0.2) is 0 Å². The zero-order valence-corrected chi connectivity index (χ0v) is 38.7. The maximum absolute atomic E-state index is 13.7. The molecule has 0 spiro atoms. The Bertz CT molecular complexity index is 3150. The van der Waals surface area contributed by atoms with Gasteiger partial charge >= 0.3 is 0 Å². The third kappa shape index (κ3) is 5.73.